The van der Waals surface area contributed by atoms with Gasteiger partial charge in [-0.2, -0.15) is 0 Å². The molecule has 1 saturated heterocycles. The summed E-state index contributed by atoms with van der Waals surface area (Å²) in [7, 11) is 0. The van der Waals surface area contributed by atoms with Gasteiger partial charge in [0, 0.05) is 6.61 Å². The Balaban J connectivity index is 1.30. The normalized spacial score (nSPS) is 17.2. The summed E-state index contributed by atoms with van der Waals surface area (Å²) in [6, 6.07) is 33.7. The maximum absolute atomic E-state index is 5.88. The zero-order valence-corrected chi connectivity index (χ0v) is 25.1. The van der Waals surface area contributed by atoms with E-state index in [2.05, 4.69) is 106 Å². The monoisotopic (exact) mass is 580 g/mol. The van der Waals surface area contributed by atoms with Crippen LogP contribution in [0, 0.1) is 0 Å². The molecule has 0 aliphatic carbocycles. The van der Waals surface area contributed by atoms with Gasteiger partial charge in [-0.15, -0.1) is 0 Å². The molecular formula is C34H46BrOP. The van der Waals surface area contributed by atoms with E-state index in [0.29, 0.717) is 6.10 Å². The van der Waals surface area contributed by atoms with Crippen molar-refractivity contribution in [2.45, 2.75) is 89.6 Å². The Morgan fingerprint density at radius 2 is 1.00 bits per heavy atom. The fourth-order valence-electron chi connectivity index (χ4n) is 6.10. The molecule has 1 fully saturated rings. The zero-order valence-electron chi connectivity index (χ0n) is 22.6. The Kier molecular flexibility index (Phi) is 11.3. The Bertz CT molecular complexity index is 918. The molecule has 0 saturated carbocycles. The van der Waals surface area contributed by atoms with Crippen molar-refractivity contribution in [2.75, 3.05) is 12.8 Å². The van der Waals surface area contributed by atoms with Crippen LogP contribution in [-0.2, 0) is 4.74 Å². The molecule has 1 aliphatic heterocycles. The first-order chi connectivity index (χ1) is 18.2. The quantitative estimate of drug-likeness (QED) is 0.128. The third-order valence-electron chi connectivity index (χ3n) is 8.26. The predicted molar refractivity (Wildman–Crippen MR) is 169 cm³/mol. The molecule has 0 aromatic heterocycles. The van der Waals surface area contributed by atoms with Crippen molar-refractivity contribution in [1.82, 2.24) is 0 Å². The molecule has 1 atom stereocenters. The molecule has 0 bridgehead atoms. The number of halogens is 1. The molecule has 3 aromatic rings. The molecular weight excluding hydrogens is 535 g/mol. The average molecular weight is 582 g/mol. The van der Waals surface area contributed by atoms with Gasteiger partial charge in [0.2, 0.25) is 0 Å². The molecule has 37 heavy (non-hydrogen) atoms. The summed E-state index contributed by atoms with van der Waals surface area (Å²) in [5.41, 5.74) is 0. The summed E-state index contributed by atoms with van der Waals surface area (Å²) in [4.78, 5) is 0. The van der Waals surface area contributed by atoms with Gasteiger partial charge in [-0.05, 0) is 19.3 Å². The molecule has 1 aliphatic rings. The van der Waals surface area contributed by atoms with Crippen LogP contribution in [0.15, 0.2) is 91.0 Å². The van der Waals surface area contributed by atoms with E-state index in [-0.39, 0.29) is 0 Å². The van der Waals surface area contributed by atoms with Crippen LogP contribution in [0.25, 0.3) is 0 Å². The minimum atomic E-state index is -2.74. The van der Waals surface area contributed by atoms with Gasteiger partial charge in [0.05, 0.1) is 0 Å². The van der Waals surface area contributed by atoms with Gasteiger partial charge >= 0.3 is 204 Å². The van der Waals surface area contributed by atoms with Crippen molar-refractivity contribution in [3.8, 4) is 0 Å². The van der Waals surface area contributed by atoms with Gasteiger partial charge in [0.15, 0.2) is 0 Å². The van der Waals surface area contributed by atoms with E-state index >= 15 is 0 Å². The molecule has 1 nitrogen and oxygen atoms in total. The van der Waals surface area contributed by atoms with Crippen molar-refractivity contribution in [3.63, 3.8) is 0 Å². The summed E-state index contributed by atoms with van der Waals surface area (Å²) in [5.74, 6) is 0. The fourth-order valence-corrected chi connectivity index (χ4v) is 13.9. The molecule has 0 spiro atoms. The summed E-state index contributed by atoms with van der Waals surface area (Å²) >= 11 is 4.59. The van der Waals surface area contributed by atoms with Crippen molar-refractivity contribution in [2.24, 2.45) is 0 Å². The average Bonchev–Trinajstić information content (AvgIpc) is 2.98. The van der Waals surface area contributed by atoms with E-state index in [9.17, 15) is 0 Å². The summed E-state index contributed by atoms with van der Waals surface area (Å²) in [6.45, 7) is 0.992. The van der Waals surface area contributed by atoms with Crippen LogP contribution < -0.4 is 15.9 Å². The van der Waals surface area contributed by atoms with E-state index in [1.54, 1.807) is 0 Å². The minimum absolute atomic E-state index is 0.560. The van der Waals surface area contributed by atoms with Crippen molar-refractivity contribution >= 4 is 36.7 Å². The molecule has 4 rings (SSSR count). The topological polar surface area (TPSA) is 9.23 Å². The molecule has 3 heteroatoms. The van der Waals surface area contributed by atoms with Crippen molar-refractivity contribution in [3.05, 3.63) is 91.0 Å². The first-order valence-corrected chi connectivity index (χ1v) is 19.2. The van der Waals surface area contributed by atoms with E-state index in [1.165, 1.54) is 99.4 Å². The van der Waals surface area contributed by atoms with Crippen LogP contribution in [0.5, 0.6) is 0 Å². The first kappa shape index (κ1) is 28.5. The number of ether oxygens (including phenoxy) is 1. The van der Waals surface area contributed by atoms with Gasteiger partial charge in [-0.1, -0.05) is 0 Å². The van der Waals surface area contributed by atoms with Crippen LogP contribution in [0.3, 0.4) is 0 Å². The summed E-state index contributed by atoms with van der Waals surface area (Å²) in [6.07, 6.45) is 19.1. The molecule has 0 amide bonds. The third-order valence-corrected chi connectivity index (χ3v) is 18.3. The second-order valence-corrected chi connectivity index (χ2v) is 19.9. The number of hydrogen-bond acceptors (Lipinski definition) is 1. The van der Waals surface area contributed by atoms with Gasteiger partial charge in [-0.25, -0.2) is 0 Å². The Hall–Kier alpha value is -1.47. The predicted octanol–water partition coefficient (Wildman–Crippen LogP) is 9.30. The Morgan fingerprint density at radius 3 is 1.43 bits per heavy atom. The van der Waals surface area contributed by atoms with Crippen LogP contribution >= 0.6 is 20.8 Å². The van der Waals surface area contributed by atoms with E-state index in [1.807, 2.05) is 0 Å². The van der Waals surface area contributed by atoms with Crippen LogP contribution in [-0.4, -0.2) is 18.9 Å². The van der Waals surface area contributed by atoms with E-state index in [0.717, 1.165) is 12.8 Å². The third kappa shape index (κ3) is 7.35. The number of unbranched alkanes of at least 4 members (excludes halogenated alkanes) is 8. The standard InChI is InChI=1S/C34H46BrOP/c35-37(32-23-12-8-13-24-32,33-25-14-9-15-26-33,34-27-16-10-17-28-34)30-20-7-5-3-1-2-4-6-11-21-31-22-18-19-29-36-31/h8-10,12-17,23-28,31H,1-7,11,18-22,29-30H2. The second kappa shape index (κ2) is 14.6. The fraction of sp³-hybridized carbons (Fsp3) is 0.471. The van der Waals surface area contributed by atoms with Gasteiger partial charge in [0.1, 0.15) is 0 Å². The van der Waals surface area contributed by atoms with E-state index in [4.69, 9.17) is 4.74 Å². The van der Waals surface area contributed by atoms with Gasteiger partial charge in [0.25, 0.3) is 0 Å². The molecule has 1 heterocycles. The Morgan fingerprint density at radius 1 is 0.568 bits per heavy atom. The van der Waals surface area contributed by atoms with Gasteiger partial charge in [-0.3, -0.25) is 0 Å². The molecule has 0 radical (unpaired) electrons. The van der Waals surface area contributed by atoms with Crippen LogP contribution in [0.2, 0.25) is 0 Å². The van der Waals surface area contributed by atoms with Crippen molar-refractivity contribution < 1.29 is 4.74 Å². The number of rotatable bonds is 15. The molecule has 200 valence electrons. The number of hydrogen-bond donors (Lipinski definition) is 0. The SMILES string of the molecule is BrP(CCCCCCCCCCCC1CCCCO1)(c1ccccc1)(c1ccccc1)c1ccccc1. The second-order valence-electron chi connectivity index (χ2n) is 10.9. The zero-order chi connectivity index (χ0) is 25.7. The van der Waals surface area contributed by atoms with Crippen LogP contribution in [0.4, 0.5) is 0 Å². The number of benzene rings is 3. The maximum atomic E-state index is 5.88. The summed E-state index contributed by atoms with van der Waals surface area (Å²) < 4.78 is 5.88. The first-order valence-electron chi connectivity index (χ1n) is 14.7. The van der Waals surface area contributed by atoms with Crippen LogP contribution in [0.1, 0.15) is 83.5 Å². The molecule has 0 N–H and O–H groups in total. The summed E-state index contributed by atoms with van der Waals surface area (Å²) in [5, 5.41) is 1.56. The molecule has 3 aromatic carbocycles. The van der Waals surface area contributed by atoms with Crippen molar-refractivity contribution in [1.29, 1.82) is 0 Å². The van der Waals surface area contributed by atoms with E-state index < -0.39 is 5.31 Å². The van der Waals surface area contributed by atoms with Gasteiger partial charge < -0.3 is 4.74 Å². The molecule has 1 unspecified atom stereocenters. The Labute approximate surface area is 234 Å².